The summed E-state index contributed by atoms with van der Waals surface area (Å²) in [4.78, 5) is 16.5. The van der Waals surface area contributed by atoms with Crippen molar-refractivity contribution < 1.29 is 4.79 Å². The lowest BCUT2D eigenvalue weighted by molar-refractivity contribution is 0.0949. The summed E-state index contributed by atoms with van der Waals surface area (Å²) in [6.07, 6.45) is 1.10. The number of hydrogen-bond acceptors (Lipinski definition) is 3. The number of amides is 1. The molecule has 106 valence electrons. The Bertz CT molecular complexity index is 595. The summed E-state index contributed by atoms with van der Waals surface area (Å²) in [5.74, 6) is -0.114. The van der Waals surface area contributed by atoms with Gasteiger partial charge in [-0.2, -0.15) is 0 Å². The number of aromatic nitrogens is 1. The third kappa shape index (κ3) is 3.54. The van der Waals surface area contributed by atoms with Crippen molar-refractivity contribution in [3.05, 3.63) is 41.6 Å². The van der Waals surface area contributed by atoms with E-state index in [9.17, 15) is 4.79 Å². The minimum atomic E-state index is -0.114. The summed E-state index contributed by atoms with van der Waals surface area (Å²) in [6, 6.07) is 9.72. The highest BCUT2D eigenvalue weighted by Crippen LogP contribution is 2.17. The molecule has 2 aromatic rings. The van der Waals surface area contributed by atoms with E-state index >= 15 is 0 Å². The van der Waals surface area contributed by atoms with E-state index in [2.05, 4.69) is 22.5 Å². The molecule has 2 rings (SSSR count). The van der Waals surface area contributed by atoms with Crippen molar-refractivity contribution in [3.63, 3.8) is 0 Å². The predicted octanol–water partition coefficient (Wildman–Crippen LogP) is 2.27. The van der Waals surface area contributed by atoms with E-state index in [0.29, 0.717) is 12.2 Å². The minimum Gasteiger partial charge on any atom is -0.349 e. The molecular formula is C16H21N3O. The van der Waals surface area contributed by atoms with Gasteiger partial charge in [0.1, 0.15) is 5.69 Å². The van der Waals surface area contributed by atoms with Crippen molar-refractivity contribution in [1.29, 1.82) is 0 Å². The lowest BCUT2D eigenvalue weighted by Gasteiger charge is -2.08. The van der Waals surface area contributed by atoms with Crippen LogP contribution in [0.1, 0.15) is 29.4 Å². The molecular weight excluding hydrogens is 250 g/mol. The SMILES string of the molecule is CCCNCCNC(=O)c1cc(C)c2ccccc2n1. The average molecular weight is 271 g/mol. The molecule has 20 heavy (non-hydrogen) atoms. The van der Waals surface area contributed by atoms with Crippen LogP contribution in [0.3, 0.4) is 0 Å². The van der Waals surface area contributed by atoms with Crippen LogP contribution >= 0.6 is 0 Å². The number of para-hydroxylation sites is 1. The van der Waals surface area contributed by atoms with Crippen molar-refractivity contribution in [2.75, 3.05) is 19.6 Å². The molecule has 1 aromatic carbocycles. The zero-order chi connectivity index (χ0) is 14.4. The number of nitrogens with one attached hydrogen (secondary N) is 2. The van der Waals surface area contributed by atoms with Gasteiger partial charge in [-0.3, -0.25) is 4.79 Å². The summed E-state index contributed by atoms with van der Waals surface area (Å²) in [5.41, 5.74) is 2.42. The topological polar surface area (TPSA) is 54.0 Å². The van der Waals surface area contributed by atoms with Crippen LogP contribution in [0.4, 0.5) is 0 Å². The molecule has 0 atom stereocenters. The molecule has 0 aliphatic heterocycles. The Morgan fingerprint density at radius 2 is 2.00 bits per heavy atom. The first kappa shape index (κ1) is 14.5. The number of rotatable bonds is 6. The number of hydrogen-bond donors (Lipinski definition) is 2. The maximum absolute atomic E-state index is 12.1. The fourth-order valence-electron chi connectivity index (χ4n) is 2.12. The molecule has 0 saturated carbocycles. The molecule has 4 heteroatoms. The van der Waals surface area contributed by atoms with E-state index < -0.39 is 0 Å². The number of carbonyl (C=O) groups is 1. The zero-order valence-electron chi connectivity index (χ0n) is 12.1. The Morgan fingerprint density at radius 3 is 2.80 bits per heavy atom. The Kier molecular flexibility index (Phi) is 5.07. The fourth-order valence-corrected chi connectivity index (χ4v) is 2.12. The van der Waals surface area contributed by atoms with Gasteiger partial charge >= 0.3 is 0 Å². The van der Waals surface area contributed by atoms with Crippen LogP contribution in [0.15, 0.2) is 30.3 Å². The second-order valence-electron chi connectivity index (χ2n) is 4.85. The van der Waals surface area contributed by atoms with Crippen LogP contribution in [0.25, 0.3) is 10.9 Å². The van der Waals surface area contributed by atoms with Gasteiger partial charge in [0.2, 0.25) is 0 Å². The largest absolute Gasteiger partial charge is 0.349 e. The first-order chi connectivity index (χ1) is 9.72. The van der Waals surface area contributed by atoms with Crippen LogP contribution in [0.5, 0.6) is 0 Å². The molecule has 0 aliphatic carbocycles. The zero-order valence-corrected chi connectivity index (χ0v) is 12.1. The van der Waals surface area contributed by atoms with Crippen molar-refractivity contribution in [3.8, 4) is 0 Å². The molecule has 0 radical (unpaired) electrons. The summed E-state index contributed by atoms with van der Waals surface area (Å²) in [7, 11) is 0. The molecule has 1 amide bonds. The van der Waals surface area contributed by atoms with E-state index in [1.807, 2.05) is 37.3 Å². The van der Waals surface area contributed by atoms with Crippen LogP contribution in [-0.4, -0.2) is 30.5 Å². The number of benzene rings is 1. The molecule has 1 aromatic heterocycles. The Balaban J connectivity index is 2.03. The summed E-state index contributed by atoms with van der Waals surface area (Å²) < 4.78 is 0. The van der Waals surface area contributed by atoms with Gasteiger partial charge < -0.3 is 10.6 Å². The third-order valence-electron chi connectivity index (χ3n) is 3.17. The van der Waals surface area contributed by atoms with Gasteiger partial charge in [-0.15, -0.1) is 0 Å². The van der Waals surface area contributed by atoms with Gasteiger partial charge in [0.25, 0.3) is 5.91 Å². The minimum absolute atomic E-state index is 0.114. The number of pyridine rings is 1. The number of nitrogens with zero attached hydrogens (tertiary/aromatic N) is 1. The standard InChI is InChI=1S/C16H21N3O/c1-3-8-17-9-10-18-16(20)15-11-12(2)13-6-4-5-7-14(13)19-15/h4-7,11,17H,3,8-10H2,1-2H3,(H,18,20). The Labute approximate surface area is 119 Å². The maximum Gasteiger partial charge on any atom is 0.269 e. The summed E-state index contributed by atoms with van der Waals surface area (Å²) >= 11 is 0. The van der Waals surface area contributed by atoms with Gasteiger partial charge in [0, 0.05) is 18.5 Å². The third-order valence-corrected chi connectivity index (χ3v) is 3.17. The maximum atomic E-state index is 12.1. The second kappa shape index (κ2) is 7.01. The van der Waals surface area contributed by atoms with Crippen LogP contribution in [0.2, 0.25) is 0 Å². The van der Waals surface area contributed by atoms with Crippen LogP contribution < -0.4 is 10.6 Å². The van der Waals surface area contributed by atoms with E-state index in [-0.39, 0.29) is 5.91 Å². The normalized spacial score (nSPS) is 10.7. The molecule has 2 N–H and O–H groups in total. The van der Waals surface area contributed by atoms with Gasteiger partial charge in [-0.05, 0) is 37.6 Å². The van der Waals surface area contributed by atoms with Crippen molar-refractivity contribution in [2.24, 2.45) is 0 Å². The van der Waals surface area contributed by atoms with Gasteiger partial charge in [0.05, 0.1) is 5.52 Å². The number of carbonyl (C=O) groups excluding carboxylic acids is 1. The van der Waals surface area contributed by atoms with Crippen molar-refractivity contribution in [1.82, 2.24) is 15.6 Å². The fraction of sp³-hybridized carbons (Fsp3) is 0.375. The van der Waals surface area contributed by atoms with Crippen molar-refractivity contribution >= 4 is 16.8 Å². The monoisotopic (exact) mass is 271 g/mol. The van der Waals surface area contributed by atoms with Crippen molar-refractivity contribution in [2.45, 2.75) is 20.3 Å². The molecule has 0 fully saturated rings. The molecule has 0 aliphatic rings. The number of aryl methyl sites for hydroxylation is 1. The van der Waals surface area contributed by atoms with E-state index in [0.717, 1.165) is 36.0 Å². The van der Waals surface area contributed by atoms with Crippen LogP contribution in [-0.2, 0) is 0 Å². The first-order valence-corrected chi connectivity index (χ1v) is 7.07. The molecule has 4 nitrogen and oxygen atoms in total. The Morgan fingerprint density at radius 1 is 1.20 bits per heavy atom. The smallest absolute Gasteiger partial charge is 0.269 e. The average Bonchev–Trinajstić information content (AvgIpc) is 2.47. The van der Waals surface area contributed by atoms with Gasteiger partial charge in [-0.25, -0.2) is 4.98 Å². The molecule has 0 spiro atoms. The van der Waals surface area contributed by atoms with E-state index in [4.69, 9.17) is 0 Å². The number of fused-ring (bicyclic) bond motifs is 1. The van der Waals surface area contributed by atoms with E-state index in [1.54, 1.807) is 0 Å². The first-order valence-electron chi connectivity index (χ1n) is 7.07. The predicted molar refractivity (Wildman–Crippen MR) is 82.0 cm³/mol. The highest BCUT2D eigenvalue weighted by molar-refractivity contribution is 5.95. The lowest BCUT2D eigenvalue weighted by atomic mass is 10.1. The van der Waals surface area contributed by atoms with E-state index in [1.165, 1.54) is 0 Å². The van der Waals surface area contributed by atoms with Gasteiger partial charge in [-0.1, -0.05) is 25.1 Å². The van der Waals surface area contributed by atoms with Crippen LogP contribution in [0, 0.1) is 6.92 Å². The Hall–Kier alpha value is -1.94. The lowest BCUT2D eigenvalue weighted by Crippen LogP contribution is -2.32. The molecule has 0 unspecified atom stereocenters. The summed E-state index contributed by atoms with van der Waals surface area (Å²) in [5, 5.41) is 7.22. The highest BCUT2D eigenvalue weighted by Gasteiger charge is 2.09. The quantitative estimate of drug-likeness (QED) is 0.792. The molecule has 0 bridgehead atoms. The summed E-state index contributed by atoms with van der Waals surface area (Å²) in [6.45, 7) is 6.50. The van der Waals surface area contributed by atoms with Gasteiger partial charge in [0.15, 0.2) is 0 Å². The highest BCUT2D eigenvalue weighted by atomic mass is 16.1. The molecule has 1 heterocycles. The molecule has 0 saturated heterocycles. The second-order valence-corrected chi connectivity index (χ2v) is 4.85.